The third-order valence-corrected chi connectivity index (χ3v) is 3.61. The van der Waals surface area contributed by atoms with Crippen molar-refractivity contribution in [1.29, 1.82) is 0 Å². The van der Waals surface area contributed by atoms with Crippen molar-refractivity contribution in [2.24, 2.45) is 17.8 Å². The smallest absolute Gasteiger partial charge is 0.00697 e. The lowest BCUT2D eigenvalue weighted by Gasteiger charge is -2.39. The molecule has 1 fully saturated rings. The molecule has 1 rings (SSSR count). The van der Waals surface area contributed by atoms with E-state index in [9.17, 15) is 0 Å². The van der Waals surface area contributed by atoms with Crippen LogP contribution in [0.15, 0.2) is 0 Å². The predicted octanol–water partition coefficient (Wildman–Crippen LogP) is 3.06. The highest BCUT2D eigenvalue weighted by molar-refractivity contribution is 4.85. The molecule has 0 aromatic heterocycles. The van der Waals surface area contributed by atoms with Gasteiger partial charge in [0.15, 0.2) is 0 Å². The summed E-state index contributed by atoms with van der Waals surface area (Å²) in [5.74, 6) is 2.73. The van der Waals surface area contributed by atoms with E-state index in [1.165, 1.54) is 25.8 Å². The van der Waals surface area contributed by atoms with Gasteiger partial charge in [-0.15, -0.1) is 0 Å². The van der Waals surface area contributed by atoms with Crippen LogP contribution in [0, 0.1) is 17.8 Å². The first-order valence-electron chi connectivity index (χ1n) is 5.90. The van der Waals surface area contributed by atoms with Crippen molar-refractivity contribution < 1.29 is 0 Å². The van der Waals surface area contributed by atoms with Gasteiger partial charge in [0.2, 0.25) is 0 Å². The Bertz CT molecular complexity index is 142. The fourth-order valence-corrected chi connectivity index (χ4v) is 2.84. The van der Waals surface area contributed by atoms with Crippen molar-refractivity contribution >= 4 is 0 Å². The molecule has 1 aliphatic heterocycles. The fourth-order valence-electron chi connectivity index (χ4n) is 2.84. The van der Waals surface area contributed by atoms with E-state index in [1.807, 2.05) is 0 Å². The Labute approximate surface area is 83.3 Å². The molecule has 0 saturated carbocycles. The Hall–Kier alpha value is -0.0400. The number of piperidine rings is 1. The number of hydrogen-bond acceptors (Lipinski definition) is 1. The molecule has 3 atom stereocenters. The van der Waals surface area contributed by atoms with E-state index in [2.05, 4.69) is 33.0 Å². The second-order valence-electron chi connectivity index (χ2n) is 4.89. The van der Waals surface area contributed by atoms with Crippen molar-refractivity contribution in [3.8, 4) is 0 Å². The molecule has 0 amide bonds. The third kappa shape index (κ3) is 2.70. The van der Waals surface area contributed by atoms with Gasteiger partial charge in [-0.25, -0.2) is 0 Å². The van der Waals surface area contributed by atoms with Gasteiger partial charge in [-0.1, -0.05) is 27.2 Å². The molecule has 0 aromatic rings. The van der Waals surface area contributed by atoms with Gasteiger partial charge in [0.25, 0.3) is 0 Å². The molecule has 1 nitrogen and oxygen atoms in total. The molecular weight excluding hydrogens is 158 g/mol. The molecule has 0 spiro atoms. The van der Waals surface area contributed by atoms with Gasteiger partial charge in [-0.05, 0) is 44.1 Å². The van der Waals surface area contributed by atoms with Gasteiger partial charge in [-0.3, -0.25) is 0 Å². The molecule has 3 unspecified atom stereocenters. The van der Waals surface area contributed by atoms with Crippen molar-refractivity contribution in [1.82, 2.24) is 5.32 Å². The minimum atomic E-state index is 0.737. The Morgan fingerprint density at radius 3 is 2.62 bits per heavy atom. The van der Waals surface area contributed by atoms with E-state index >= 15 is 0 Å². The van der Waals surface area contributed by atoms with Crippen LogP contribution < -0.4 is 5.32 Å². The Morgan fingerprint density at radius 2 is 2.08 bits per heavy atom. The first-order chi connectivity index (χ1) is 6.16. The summed E-state index contributed by atoms with van der Waals surface area (Å²) in [6.45, 7) is 10.6. The highest BCUT2D eigenvalue weighted by Gasteiger charge is 2.31. The van der Waals surface area contributed by atoms with Gasteiger partial charge in [0, 0.05) is 6.04 Å². The molecule has 13 heavy (non-hydrogen) atoms. The van der Waals surface area contributed by atoms with E-state index in [-0.39, 0.29) is 0 Å². The summed E-state index contributed by atoms with van der Waals surface area (Å²) in [6, 6.07) is 0.737. The van der Waals surface area contributed by atoms with Crippen molar-refractivity contribution in [3.05, 3.63) is 0 Å². The molecule has 0 aromatic carbocycles. The molecular formula is C12H25N. The van der Waals surface area contributed by atoms with Gasteiger partial charge >= 0.3 is 0 Å². The summed E-state index contributed by atoms with van der Waals surface area (Å²) in [5.41, 5.74) is 0. The maximum absolute atomic E-state index is 3.60. The van der Waals surface area contributed by atoms with Crippen molar-refractivity contribution in [3.63, 3.8) is 0 Å². The van der Waals surface area contributed by atoms with E-state index in [0.29, 0.717) is 0 Å². The van der Waals surface area contributed by atoms with E-state index in [0.717, 1.165) is 23.8 Å². The van der Waals surface area contributed by atoms with Crippen LogP contribution in [0.2, 0.25) is 0 Å². The van der Waals surface area contributed by atoms with Crippen LogP contribution in [0.25, 0.3) is 0 Å². The first-order valence-corrected chi connectivity index (χ1v) is 5.90. The van der Waals surface area contributed by atoms with Crippen LogP contribution in [-0.2, 0) is 0 Å². The zero-order chi connectivity index (χ0) is 9.84. The molecule has 1 heteroatoms. The Balaban J connectivity index is 2.56. The van der Waals surface area contributed by atoms with Gasteiger partial charge in [0.05, 0.1) is 0 Å². The van der Waals surface area contributed by atoms with E-state index in [4.69, 9.17) is 0 Å². The van der Waals surface area contributed by atoms with Crippen LogP contribution in [0.3, 0.4) is 0 Å². The SMILES string of the molecule is CCCC1C(C)NCCC1C(C)C. The number of rotatable bonds is 3. The lowest BCUT2D eigenvalue weighted by atomic mass is 9.73. The highest BCUT2D eigenvalue weighted by atomic mass is 14.9. The Morgan fingerprint density at radius 1 is 1.38 bits per heavy atom. The van der Waals surface area contributed by atoms with Crippen molar-refractivity contribution in [2.45, 2.75) is 53.0 Å². The molecule has 0 aliphatic carbocycles. The average molecular weight is 183 g/mol. The molecule has 0 bridgehead atoms. The fraction of sp³-hybridized carbons (Fsp3) is 1.00. The lowest BCUT2D eigenvalue weighted by molar-refractivity contribution is 0.142. The molecule has 1 heterocycles. The summed E-state index contributed by atoms with van der Waals surface area (Å²) in [5, 5.41) is 3.60. The predicted molar refractivity (Wildman–Crippen MR) is 58.8 cm³/mol. The normalized spacial score (nSPS) is 35.3. The zero-order valence-electron chi connectivity index (χ0n) is 9.64. The minimum Gasteiger partial charge on any atom is -0.314 e. The third-order valence-electron chi connectivity index (χ3n) is 3.61. The van der Waals surface area contributed by atoms with Gasteiger partial charge in [-0.2, -0.15) is 0 Å². The van der Waals surface area contributed by atoms with Gasteiger partial charge in [0.1, 0.15) is 0 Å². The van der Waals surface area contributed by atoms with E-state index < -0.39 is 0 Å². The van der Waals surface area contributed by atoms with Crippen LogP contribution in [0.5, 0.6) is 0 Å². The summed E-state index contributed by atoms with van der Waals surface area (Å²) >= 11 is 0. The van der Waals surface area contributed by atoms with Crippen LogP contribution in [-0.4, -0.2) is 12.6 Å². The summed E-state index contributed by atoms with van der Waals surface area (Å²) in [6.07, 6.45) is 4.11. The monoisotopic (exact) mass is 183 g/mol. The standard InChI is InChI=1S/C12H25N/c1-5-6-12-10(4)13-8-7-11(12)9(2)3/h9-13H,5-8H2,1-4H3. The zero-order valence-corrected chi connectivity index (χ0v) is 9.64. The van der Waals surface area contributed by atoms with Gasteiger partial charge < -0.3 is 5.32 Å². The van der Waals surface area contributed by atoms with Crippen molar-refractivity contribution in [2.75, 3.05) is 6.54 Å². The molecule has 0 radical (unpaired) electrons. The Kier molecular flexibility index (Phi) is 4.24. The highest BCUT2D eigenvalue weighted by Crippen LogP contribution is 2.33. The molecule has 1 N–H and O–H groups in total. The second kappa shape index (κ2) is 4.99. The maximum atomic E-state index is 3.60. The summed E-state index contributed by atoms with van der Waals surface area (Å²) in [4.78, 5) is 0. The number of hydrogen-bond donors (Lipinski definition) is 1. The van der Waals surface area contributed by atoms with Crippen LogP contribution in [0.4, 0.5) is 0 Å². The van der Waals surface area contributed by atoms with E-state index in [1.54, 1.807) is 0 Å². The molecule has 1 saturated heterocycles. The second-order valence-corrected chi connectivity index (χ2v) is 4.89. The van der Waals surface area contributed by atoms with Crippen LogP contribution >= 0.6 is 0 Å². The quantitative estimate of drug-likeness (QED) is 0.709. The summed E-state index contributed by atoms with van der Waals surface area (Å²) < 4.78 is 0. The maximum Gasteiger partial charge on any atom is 0.00697 e. The lowest BCUT2D eigenvalue weighted by Crippen LogP contribution is -2.45. The summed E-state index contributed by atoms with van der Waals surface area (Å²) in [7, 11) is 0. The molecule has 1 aliphatic rings. The largest absolute Gasteiger partial charge is 0.314 e. The molecule has 78 valence electrons. The minimum absolute atomic E-state index is 0.737. The topological polar surface area (TPSA) is 12.0 Å². The average Bonchev–Trinajstić information content (AvgIpc) is 2.08. The first kappa shape index (κ1) is 11.0. The number of nitrogens with one attached hydrogen (secondary N) is 1. The van der Waals surface area contributed by atoms with Crippen LogP contribution in [0.1, 0.15) is 47.0 Å².